The Morgan fingerprint density at radius 3 is 2.48 bits per heavy atom. The highest BCUT2D eigenvalue weighted by Crippen LogP contribution is 2.23. The van der Waals surface area contributed by atoms with Gasteiger partial charge in [0.15, 0.2) is 0 Å². The molecule has 0 radical (unpaired) electrons. The zero-order chi connectivity index (χ0) is 17.0. The van der Waals surface area contributed by atoms with Gasteiger partial charge in [0.2, 0.25) is 5.91 Å². The van der Waals surface area contributed by atoms with Crippen LogP contribution in [0.1, 0.15) is 23.7 Å². The largest absolute Gasteiger partial charge is 0.481 e. The van der Waals surface area contributed by atoms with E-state index < -0.39 is 11.9 Å². The van der Waals surface area contributed by atoms with Crippen LogP contribution in [0.4, 0.5) is 0 Å². The molecule has 1 aliphatic rings. The van der Waals surface area contributed by atoms with Crippen molar-refractivity contribution in [2.24, 2.45) is 11.8 Å². The highest BCUT2D eigenvalue weighted by Gasteiger charge is 2.36. The van der Waals surface area contributed by atoms with Gasteiger partial charge in [0.05, 0.1) is 5.92 Å². The predicted molar refractivity (Wildman–Crippen MR) is 88.0 cm³/mol. The zero-order valence-corrected chi connectivity index (χ0v) is 14.4. The summed E-state index contributed by atoms with van der Waals surface area (Å²) in [6, 6.07) is 6.94. The van der Waals surface area contributed by atoms with Crippen LogP contribution < -0.4 is 5.32 Å². The van der Waals surface area contributed by atoms with Gasteiger partial charge in [-0.15, -0.1) is 0 Å². The first-order chi connectivity index (χ1) is 10.9. The van der Waals surface area contributed by atoms with Crippen molar-refractivity contribution >= 4 is 33.7 Å². The van der Waals surface area contributed by atoms with Crippen LogP contribution in [0, 0.1) is 11.8 Å². The summed E-state index contributed by atoms with van der Waals surface area (Å²) in [6.07, 6.45) is 0.168. The summed E-state index contributed by atoms with van der Waals surface area (Å²) in [5, 5.41) is 11.8. The fourth-order valence-corrected chi connectivity index (χ4v) is 2.90. The van der Waals surface area contributed by atoms with Crippen LogP contribution in [0.15, 0.2) is 28.7 Å². The Balaban J connectivity index is 1.78. The number of hydrogen-bond acceptors (Lipinski definition) is 3. The first kappa shape index (κ1) is 17.5. The topological polar surface area (TPSA) is 86.7 Å². The second-order valence-electron chi connectivity index (χ2n) is 5.73. The van der Waals surface area contributed by atoms with Crippen LogP contribution in [0.5, 0.6) is 0 Å². The van der Waals surface area contributed by atoms with Gasteiger partial charge in [-0.1, -0.05) is 22.9 Å². The third-order valence-corrected chi connectivity index (χ3v) is 4.54. The van der Waals surface area contributed by atoms with Crippen molar-refractivity contribution in [1.29, 1.82) is 0 Å². The molecule has 23 heavy (non-hydrogen) atoms. The summed E-state index contributed by atoms with van der Waals surface area (Å²) < 4.78 is 0.889. The van der Waals surface area contributed by atoms with Crippen LogP contribution in [-0.2, 0) is 9.59 Å². The van der Waals surface area contributed by atoms with Gasteiger partial charge in [-0.25, -0.2) is 0 Å². The number of carboxylic acids is 1. The Kier molecular flexibility index (Phi) is 5.76. The molecule has 0 aromatic heterocycles. The molecule has 0 spiro atoms. The number of halogens is 1. The minimum absolute atomic E-state index is 0.0474. The van der Waals surface area contributed by atoms with Crippen LogP contribution in [-0.4, -0.2) is 47.4 Å². The van der Waals surface area contributed by atoms with E-state index in [-0.39, 0.29) is 37.2 Å². The average molecular weight is 383 g/mol. The minimum atomic E-state index is -0.864. The average Bonchev–Trinajstić information content (AvgIpc) is 2.90. The summed E-state index contributed by atoms with van der Waals surface area (Å²) in [7, 11) is 0. The number of carbonyl (C=O) groups is 3. The molecule has 0 saturated carbocycles. The number of amides is 2. The lowest BCUT2D eigenvalue weighted by Gasteiger charge is -2.16. The van der Waals surface area contributed by atoms with Crippen molar-refractivity contribution in [3.8, 4) is 0 Å². The highest BCUT2D eigenvalue weighted by molar-refractivity contribution is 9.10. The van der Waals surface area contributed by atoms with Crippen molar-refractivity contribution in [2.45, 2.75) is 13.3 Å². The lowest BCUT2D eigenvalue weighted by atomic mass is 9.99. The SMILES string of the molecule is C[C@@H]1CN(C(=O)CCNC(=O)c2ccc(Br)cc2)C[C@H]1C(=O)O. The lowest BCUT2D eigenvalue weighted by molar-refractivity contribution is -0.142. The molecule has 7 heteroatoms. The van der Waals surface area contributed by atoms with Gasteiger partial charge in [0, 0.05) is 36.1 Å². The van der Waals surface area contributed by atoms with Gasteiger partial charge in [0.25, 0.3) is 5.91 Å². The van der Waals surface area contributed by atoms with Crippen LogP contribution >= 0.6 is 15.9 Å². The number of rotatable bonds is 5. The van der Waals surface area contributed by atoms with Crippen molar-refractivity contribution < 1.29 is 19.5 Å². The Labute approximate surface area is 143 Å². The molecule has 0 unspecified atom stereocenters. The van der Waals surface area contributed by atoms with Gasteiger partial charge < -0.3 is 15.3 Å². The van der Waals surface area contributed by atoms with E-state index in [2.05, 4.69) is 21.2 Å². The Morgan fingerprint density at radius 2 is 1.91 bits per heavy atom. The van der Waals surface area contributed by atoms with Gasteiger partial charge in [-0.3, -0.25) is 14.4 Å². The summed E-state index contributed by atoms with van der Waals surface area (Å²) >= 11 is 3.30. The molecule has 1 aliphatic heterocycles. The monoisotopic (exact) mass is 382 g/mol. The number of aliphatic carboxylic acids is 1. The molecule has 1 fully saturated rings. The van der Waals surface area contributed by atoms with Crippen molar-refractivity contribution in [3.63, 3.8) is 0 Å². The summed E-state index contributed by atoms with van der Waals surface area (Å²) in [4.78, 5) is 36.7. The Hall–Kier alpha value is -1.89. The normalized spacial score (nSPS) is 20.3. The Morgan fingerprint density at radius 1 is 1.26 bits per heavy atom. The molecular formula is C16H19BrN2O4. The molecule has 1 saturated heterocycles. The molecule has 2 rings (SSSR count). The van der Waals surface area contributed by atoms with E-state index in [1.54, 1.807) is 29.2 Å². The summed E-state index contributed by atoms with van der Waals surface area (Å²) in [6.45, 7) is 2.77. The molecule has 0 bridgehead atoms. The molecule has 6 nitrogen and oxygen atoms in total. The standard InChI is InChI=1S/C16H19BrN2O4/c1-10-8-19(9-13(10)16(22)23)14(20)6-7-18-15(21)11-2-4-12(17)5-3-11/h2-5,10,13H,6-9H2,1H3,(H,18,21)(H,22,23)/t10-,13-/m1/s1. The number of carbonyl (C=O) groups excluding carboxylic acids is 2. The highest BCUT2D eigenvalue weighted by atomic mass is 79.9. The van der Waals surface area contributed by atoms with Gasteiger partial charge in [-0.05, 0) is 30.2 Å². The van der Waals surface area contributed by atoms with Crippen LogP contribution in [0.2, 0.25) is 0 Å². The maximum absolute atomic E-state index is 12.1. The van der Waals surface area contributed by atoms with Gasteiger partial charge in [-0.2, -0.15) is 0 Å². The van der Waals surface area contributed by atoms with Crippen molar-refractivity contribution in [3.05, 3.63) is 34.3 Å². The number of carboxylic acid groups (broad SMARTS) is 1. The molecule has 1 aromatic carbocycles. The van der Waals surface area contributed by atoms with E-state index in [1.807, 2.05) is 6.92 Å². The molecule has 1 aromatic rings. The first-order valence-corrected chi connectivity index (χ1v) is 8.22. The number of nitrogens with zero attached hydrogens (tertiary/aromatic N) is 1. The maximum Gasteiger partial charge on any atom is 0.308 e. The van der Waals surface area contributed by atoms with Gasteiger partial charge >= 0.3 is 5.97 Å². The molecule has 0 aliphatic carbocycles. The van der Waals surface area contributed by atoms with E-state index in [9.17, 15) is 14.4 Å². The number of likely N-dealkylation sites (tertiary alicyclic amines) is 1. The lowest BCUT2D eigenvalue weighted by Crippen LogP contribution is -2.33. The quantitative estimate of drug-likeness (QED) is 0.811. The second kappa shape index (κ2) is 7.59. The summed E-state index contributed by atoms with van der Waals surface area (Å²) in [5.74, 6) is -1.78. The van der Waals surface area contributed by atoms with Crippen molar-refractivity contribution in [2.75, 3.05) is 19.6 Å². The van der Waals surface area contributed by atoms with Crippen LogP contribution in [0.25, 0.3) is 0 Å². The van der Waals surface area contributed by atoms with Crippen LogP contribution in [0.3, 0.4) is 0 Å². The fourth-order valence-electron chi connectivity index (χ4n) is 2.64. The van der Waals surface area contributed by atoms with E-state index in [0.717, 1.165) is 4.47 Å². The van der Waals surface area contributed by atoms with Crippen molar-refractivity contribution in [1.82, 2.24) is 10.2 Å². The molecular weight excluding hydrogens is 364 g/mol. The third-order valence-electron chi connectivity index (χ3n) is 4.01. The molecule has 2 N–H and O–H groups in total. The van der Waals surface area contributed by atoms with E-state index in [4.69, 9.17) is 5.11 Å². The van der Waals surface area contributed by atoms with Gasteiger partial charge in [0.1, 0.15) is 0 Å². The van der Waals surface area contributed by atoms with E-state index in [0.29, 0.717) is 12.1 Å². The molecule has 124 valence electrons. The zero-order valence-electron chi connectivity index (χ0n) is 12.8. The smallest absolute Gasteiger partial charge is 0.308 e. The number of benzene rings is 1. The molecule has 1 heterocycles. The number of hydrogen-bond donors (Lipinski definition) is 2. The molecule has 2 amide bonds. The third kappa shape index (κ3) is 4.54. The minimum Gasteiger partial charge on any atom is -0.481 e. The molecule has 2 atom stereocenters. The Bertz CT molecular complexity index is 603. The predicted octanol–water partition coefficient (Wildman–Crippen LogP) is 1.75. The summed E-state index contributed by atoms with van der Waals surface area (Å²) in [5.41, 5.74) is 0.529. The maximum atomic E-state index is 12.1. The number of nitrogens with one attached hydrogen (secondary N) is 1. The van der Waals surface area contributed by atoms with E-state index >= 15 is 0 Å². The fraction of sp³-hybridized carbons (Fsp3) is 0.438. The second-order valence-corrected chi connectivity index (χ2v) is 6.65. The first-order valence-electron chi connectivity index (χ1n) is 7.43. The van der Waals surface area contributed by atoms with E-state index in [1.165, 1.54) is 0 Å².